The molecule has 0 N–H and O–H groups in total. The topological polar surface area (TPSA) is 17.8 Å². The summed E-state index contributed by atoms with van der Waals surface area (Å²) in [4.78, 5) is 4.85. The Bertz CT molecular complexity index is 2180. The second-order valence-electron chi connectivity index (χ2n) is 15.4. The predicted molar refractivity (Wildman–Crippen MR) is 206 cm³/mol. The second kappa shape index (κ2) is 11.6. The highest BCUT2D eigenvalue weighted by Crippen LogP contribution is 2.42. The fraction of sp³-hybridized carbons (Fsp3) is 0.239. The van der Waals surface area contributed by atoms with Crippen LogP contribution in [0.15, 0.2) is 115 Å². The normalized spacial score (nSPS) is 12.3. The van der Waals surface area contributed by atoms with Gasteiger partial charge in [0.25, 0.3) is 0 Å². The summed E-state index contributed by atoms with van der Waals surface area (Å²) in [5.74, 6) is 0. The Morgan fingerprint density at radius 2 is 0.917 bits per heavy atom. The first-order chi connectivity index (χ1) is 22.8. The van der Waals surface area contributed by atoms with Gasteiger partial charge in [0, 0.05) is 28.2 Å². The molecule has 0 aliphatic heterocycles. The zero-order valence-electron chi connectivity index (χ0n) is 29.9. The van der Waals surface area contributed by atoms with Gasteiger partial charge in [0.15, 0.2) is 0 Å². The van der Waals surface area contributed by atoms with E-state index in [4.69, 9.17) is 4.98 Å². The lowest BCUT2D eigenvalue weighted by Crippen LogP contribution is -2.33. The summed E-state index contributed by atoms with van der Waals surface area (Å²) >= 11 is 0. The number of benzene rings is 5. The minimum Gasteiger partial charge on any atom is -0.309 e. The number of pyridine rings is 1. The van der Waals surface area contributed by atoms with Crippen LogP contribution in [-0.2, 0) is 5.41 Å². The van der Waals surface area contributed by atoms with Crippen LogP contribution in [0.1, 0.15) is 62.4 Å². The van der Waals surface area contributed by atoms with Crippen molar-refractivity contribution in [1.82, 2.24) is 9.55 Å². The molecular weight excluding hydrogens is 581 g/mol. The van der Waals surface area contributed by atoms with Gasteiger partial charge in [0.05, 0.1) is 16.7 Å². The Labute approximate surface area is 286 Å². The Morgan fingerprint density at radius 1 is 0.458 bits per heavy atom. The summed E-state index contributed by atoms with van der Waals surface area (Å²) in [7, 11) is 0. The van der Waals surface area contributed by atoms with Crippen LogP contribution in [0.3, 0.4) is 0 Å². The lowest BCUT2D eigenvalue weighted by Gasteiger charge is -2.39. The van der Waals surface area contributed by atoms with Crippen molar-refractivity contribution in [1.29, 1.82) is 0 Å². The Kier molecular flexibility index (Phi) is 7.67. The number of aromatic nitrogens is 2. The molecule has 0 aliphatic carbocycles. The van der Waals surface area contributed by atoms with Crippen molar-refractivity contribution in [2.24, 2.45) is 5.41 Å². The van der Waals surface area contributed by atoms with Crippen molar-refractivity contribution >= 4 is 21.8 Å². The molecule has 240 valence electrons. The molecule has 0 saturated heterocycles. The number of nitrogens with zero attached hydrogens (tertiary/aromatic N) is 2. The van der Waals surface area contributed by atoms with E-state index in [1.165, 1.54) is 71.9 Å². The van der Waals surface area contributed by atoms with Crippen LogP contribution in [0.5, 0.6) is 0 Å². The summed E-state index contributed by atoms with van der Waals surface area (Å²) in [6, 6.07) is 40.9. The van der Waals surface area contributed by atoms with Crippen LogP contribution in [0.25, 0.3) is 61.0 Å². The summed E-state index contributed by atoms with van der Waals surface area (Å²) in [5.41, 5.74) is 17.2. The van der Waals surface area contributed by atoms with Crippen LogP contribution < -0.4 is 0 Å². The molecule has 0 unspecified atom stereocenters. The molecule has 0 fully saturated rings. The van der Waals surface area contributed by atoms with Crippen LogP contribution in [0, 0.1) is 33.1 Å². The zero-order chi connectivity index (χ0) is 34.0. The minimum atomic E-state index is 0.0514. The molecule has 7 rings (SSSR count). The first kappa shape index (κ1) is 31.6. The maximum Gasteiger partial charge on any atom is 0.0722 e. The highest BCUT2D eigenvalue weighted by molar-refractivity contribution is 6.11. The van der Waals surface area contributed by atoms with Crippen LogP contribution in [0.4, 0.5) is 0 Å². The van der Waals surface area contributed by atoms with Gasteiger partial charge in [-0.25, -0.2) is 0 Å². The fourth-order valence-corrected chi connectivity index (χ4v) is 7.15. The maximum absolute atomic E-state index is 4.85. The fourth-order valence-electron chi connectivity index (χ4n) is 7.15. The van der Waals surface area contributed by atoms with Crippen LogP contribution in [-0.4, -0.2) is 9.55 Å². The summed E-state index contributed by atoms with van der Waals surface area (Å²) in [6.45, 7) is 20.3. The lowest BCUT2D eigenvalue weighted by atomic mass is 9.65. The van der Waals surface area contributed by atoms with E-state index in [1.807, 2.05) is 6.20 Å². The van der Waals surface area contributed by atoms with Gasteiger partial charge in [-0.05, 0) is 103 Å². The molecule has 0 radical (unpaired) electrons. The van der Waals surface area contributed by atoms with E-state index >= 15 is 0 Å². The van der Waals surface area contributed by atoms with Gasteiger partial charge < -0.3 is 4.57 Å². The van der Waals surface area contributed by atoms with Gasteiger partial charge in [-0.3, -0.25) is 4.98 Å². The third-order valence-electron chi connectivity index (χ3n) is 10.7. The molecule has 2 nitrogen and oxygen atoms in total. The Balaban J connectivity index is 1.41. The molecular formula is C46H46N2. The molecule has 0 bridgehead atoms. The van der Waals surface area contributed by atoms with Crippen molar-refractivity contribution in [2.75, 3.05) is 0 Å². The third kappa shape index (κ3) is 5.64. The average molecular weight is 627 g/mol. The van der Waals surface area contributed by atoms with Crippen LogP contribution in [0.2, 0.25) is 0 Å². The van der Waals surface area contributed by atoms with Crippen molar-refractivity contribution in [2.45, 2.75) is 67.7 Å². The largest absolute Gasteiger partial charge is 0.309 e. The molecule has 2 heteroatoms. The van der Waals surface area contributed by atoms with Gasteiger partial charge in [0.1, 0.15) is 0 Å². The predicted octanol–water partition coefficient (Wildman–Crippen LogP) is 12.7. The van der Waals surface area contributed by atoms with Gasteiger partial charge in [-0.1, -0.05) is 130 Å². The molecule has 0 spiro atoms. The molecule has 5 aromatic carbocycles. The highest BCUT2D eigenvalue weighted by atomic mass is 15.0. The van der Waals surface area contributed by atoms with E-state index in [1.54, 1.807) is 0 Å². The Hall–Kier alpha value is -4.95. The lowest BCUT2D eigenvalue weighted by molar-refractivity contribution is 0.225. The molecule has 7 aromatic rings. The van der Waals surface area contributed by atoms with Gasteiger partial charge in [-0.15, -0.1) is 0 Å². The van der Waals surface area contributed by atoms with E-state index in [2.05, 4.69) is 176 Å². The van der Waals surface area contributed by atoms with Crippen molar-refractivity contribution < 1.29 is 0 Å². The SMILES string of the molecule is Cc1cc(C)cc(-c2ccc3c(c2)c2cc(-c4cc(C)cc(C)c4)ccc2n3-c2ccnc(-c3ccc(C(C)(C)C(C)(C)C)cc3)c2)c1. The van der Waals surface area contributed by atoms with E-state index in [9.17, 15) is 0 Å². The number of fused-ring (bicyclic) bond motifs is 3. The molecule has 0 amide bonds. The van der Waals surface area contributed by atoms with Crippen LogP contribution >= 0.6 is 0 Å². The molecule has 0 atom stereocenters. The summed E-state index contributed by atoms with van der Waals surface area (Å²) in [6.07, 6.45) is 1.95. The quantitative estimate of drug-likeness (QED) is 0.186. The molecule has 48 heavy (non-hydrogen) atoms. The summed E-state index contributed by atoms with van der Waals surface area (Å²) in [5, 5.41) is 2.50. The van der Waals surface area contributed by atoms with Gasteiger partial charge >= 0.3 is 0 Å². The van der Waals surface area contributed by atoms with Crippen molar-refractivity contribution in [3.05, 3.63) is 143 Å². The number of hydrogen-bond acceptors (Lipinski definition) is 1. The molecule has 0 saturated carbocycles. The van der Waals surface area contributed by atoms with Crippen molar-refractivity contribution in [3.63, 3.8) is 0 Å². The standard InChI is InChI=1S/C46H46N2/c1-29-20-30(2)23-36(22-29)34-12-16-43-40(26-34)41-27-35(37-24-31(3)21-32(4)25-37)13-17-44(41)48(43)39-18-19-47-42(28-39)33-10-14-38(15-11-33)46(8,9)45(5,6)7/h10-28H,1-9H3. The van der Waals surface area contributed by atoms with Crippen molar-refractivity contribution in [3.8, 4) is 39.2 Å². The first-order valence-electron chi connectivity index (χ1n) is 17.1. The van der Waals surface area contributed by atoms with Gasteiger partial charge in [-0.2, -0.15) is 0 Å². The van der Waals surface area contributed by atoms with E-state index in [-0.39, 0.29) is 10.8 Å². The molecule has 2 heterocycles. The minimum absolute atomic E-state index is 0.0514. The number of aryl methyl sites for hydroxylation is 4. The number of rotatable bonds is 5. The van der Waals surface area contributed by atoms with E-state index in [0.29, 0.717) is 0 Å². The smallest absolute Gasteiger partial charge is 0.0722 e. The Morgan fingerprint density at radius 3 is 1.38 bits per heavy atom. The van der Waals surface area contributed by atoms with Gasteiger partial charge in [0.2, 0.25) is 0 Å². The molecule has 0 aliphatic rings. The van der Waals surface area contributed by atoms with E-state index in [0.717, 1.165) is 16.9 Å². The maximum atomic E-state index is 4.85. The monoisotopic (exact) mass is 626 g/mol. The summed E-state index contributed by atoms with van der Waals surface area (Å²) < 4.78 is 2.41. The number of hydrogen-bond donors (Lipinski definition) is 0. The first-order valence-corrected chi connectivity index (χ1v) is 17.1. The average Bonchev–Trinajstić information content (AvgIpc) is 3.36. The molecule has 2 aromatic heterocycles. The van der Waals surface area contributed by atoms with E-state index < -0.39 is 0 Å². The third-order valence-corrected chi connectivity index (χ3v) is 10.7. The zero-order valence-corrected chi connectivity index (χ0v) is 29.9. The highest BCUT2D eigenvalue weighted by Gasteiger charge is 2.34. The second-order valence-corrected chi connectivity index (χ2v) is 15.4.